The smallest absolute Gasteiger partial charge is 0.212 e. The lowest BCUT2D eigenvalue weighted by atomic mass is 9.70. The first-order valence-electron chi connectivity index (χ1n) is 4.52. The van der Waals surface area contributed by atoms with Crippen molar-refractivity contribution in [2.75, 3.05) is 0 Å². The Hall–Kier alpha value is -0.990. The van der Waals surface area contributed by atoms with Crippen LogP contribution in [0, 0.1) is 16.7 Å². The molecule has 0 radical (unpaired) electrons. The summed E-state index contributed by atoms with van der Waals surface area (Å²) in [6, 6.07) is 0. The zero-order valence-electron chi connectivity index (χ0n) is 7.79. The van der Waals surface area contributed by atoms with Crippen molar-refractivity contribution in [2.45, 2.75) is 26.7 Å². The maximum atomic E-state index is 11.6. The lowest BCUT2D eigenvalue weighted by Crippen LogP contribution is -2.38. The molecule has 0 amide bonds. The molecule has 2 atom stereocenters. The Kier molecular flexibility index (Phi) is 1.38. The zero-order chi connectivity index (χ0) is 9.85. The Morgan fingerprint density at radius 2 is 2.00 bits per heavy atom. The SMILES string of the molecule is CC1(C)C2CCC1(C=O)C(=O)C2=O. The summed E-state index contributed by atoms with van der Waals surface area (Å²) in [5.41, 5.74) is -1.45. The highest BCUT2D eigenvalue weighted by Gasteiger charge is 2.69. The molecule has 2 aliphatic rings. The molecule has 2 rings (SSSR count). The van der Waals surface area contributed by atoms with Crippen molar-refractivity contribution in [2.24, 2.45) is 16.7 Å². The van der Waals surface area contributed by atoms with Gasteiger partial charge in [-0.05, 0) is 18.3 Å². The van der Waals surface area contributed by atoms with Crippen molar-refractivity contribution in [3.8, 4) is 0 Å². The van der Waals surface area contributed by atoms with Gasteiger partial charge in [0.05, 0.1) is 5.41 Å². The van der Waals surface area contributed by atoms with Crippen LogP contribution < -0.4 is 0 Å². The molecule has 0 aromatic heterocycles. The molecule has 70 valence electrons. The van der Waals surface area contributed by atoms with E-state index in [-0.39, 0.29) is 11.7 Å². The number of ketones is 2. The molecule has 3 heteroatoms. The topological polar surface area (TPSA) is 51.2 Å². The quantitative estimate of drug-likeness (QED) is 0.340. The molecule has 2 saturated carbocycles. The third-order valence-electron chi connectivity index (χ3n) is 3.99. The molecule has 2 aliphatic carbocycles. The summed E-state index contributed by atoms with van der Waals surface area (Å²) >= 11 is 0. The second-order valence-electron chi connectivity index (χ2n) is 4.60. The molecule has 2 bridgehead atoms. The highest BCUT2D eigenvalue weighted by atomic mass is 16.2. The first-order chi connectivity index (χ1) is 5.97. The number of Topliss-reactive ketones (excluding diaryl/α,β-unsaturated/α-hetero) is 2. The van der Waals surface area contributed by atoms with E-state index < -0.39 is 16.6 Å². The molecular formula is C10H12O3. The van der Waals surface area contributed by atoms with Gasteiger partial charge < -0.3 is 4.79 Å². The van der Waals surface area contributed by atoms with E-state index in [1.807, 2.05) is 13.8 Å². The fourth-order valence-corrected chi connectivity index (χ4v) is 2.87. The number of fused-ring (bicyclic) bond motifs is 2. The molecule has 3 nitrogen and oxygen atoms in total. The first-order valence-corrected chi connectivity index (χ1v) is 4.52. The van der Waals surface area contributed by atoms with Crippen LogP contribution in [0.1, 0.15) is 26.7 Å². The number of rotatable bonds is 1. The van der Waals surface area contributed by atoms with Crippen molar-refractivity contribution >= 4 is 17.9 Å². The maximum absolute atomic E-state index is 11.6. The van der Waals surface area contributed by atoms with Crippen LogP contribution in [0.2, 0.25) is 0 Å². The molecule has 0 N–H and O–H groups in total. The lowest BCUT2D eigenvalue weighted by Gasteiger charge is -2.29. The predicted molar refractivity (Wildman–Crippen MR) is 45.0 cm³/mol. The van der Waals surface area contributed by atoms with Gasteiger partial charge in [0.2, 0.25) is 11.6 Å². The van der Waals surface area contributed by atoms with E-state index in [1.165, 1.54) is 0 Å². The number of aldehydes is 1. The predicted octanol–water partition coefficient (Wildman–Crippen LogP) is 0.760. The maximum Gasteiger partial charge on any atom is 0.212 e. The summed E-state index contributed by atoms with van der Waals surface area (Å²) in [4.78, 5) is 34.0. The standard InChI is InChI=1S/C10H12O3/c1-9(2)6-3-4-10(9,5-11)8(13)7(6)12/h5-6H,3-4H2,1-2H3. The summed E-state index contributed by atoms with van der Waals surface area (Å²) in [6.45, 7) is 3.70. The largest absolute Gasteiger partial charge is 0.302 e. The monoisotopic (exact) mass is 180 g/mol. The first kappa shape index (κ1) is 8.60. The minimum absolute atomic E-state index is 0.217. The zero-order valence-corrected chi connectivity index (χ0v) is 7.79. The fraction of sp³-hybridized carbons (Fsp3) is 0.700. The second kappa shape index (κ2) is 2.08. The number of carbonyl (C=O) groups excluding carboxylic acids is 3. The van der Waals surface area contributed by atoms with Crippen LogP contribution in [0.4, 0.5) is 0 Å². The molecule has 2 unspecified atom stereocenters. The Morgan fingerprint density at radius 3 is 2.31 bits per heavy atom. The molecule has 2 fully saturated rings. The van der Waals surface area contributed by atoms with E-state index in [4.69, 9.17) is 0 Å². The highest BCUT2D eigenvalue weighted by molar-refractivity contribution is 6.46. The third-order valence-corrected chi connectivity index (χ3v) is 3.99. The van der Waals surface area contributed by atoms with Gasteiger partial charge >= 0.3 is 0 Å². The van der Waals surface area contributed by atoms with Crippen LogP contribution in [0.25, 0.3) is 0 Å². The summed E-state index contributed by atoms with van der Waals surface area (Å²) in [7, 11) is 0. The Morgan fingerprint density at radius 1 is 1.38 bits per heavy atom. The van der Waals surface area contributed by atoms with Crippen LogP contribution in [0.3, 0.4) is 0 Å². The summed E-state index contributed by atoms with van der Waals surface area (Å²) in [6.07, 6.45) is 1.94. The molecule has 0 aromatic carbocycles. The van der Waals surface area contributed by atoms with Crippen LogP contribution in [0.15, 0.2) is 0 Å². The van der Waals surface area contributed by atoms with Gasteiger partial charge in [-0.1, -0.05) is 13.8 Å². The molecular weight excluding hydrogens is 168 g/mol. The fourth-order valence-electron chi connectivity index (χ4n) is 2.87. The van der Waals surface area contributed by atoms with Crippen molar-refractivity contribution in [1.29, 1.82) is 0 Å². The Bertz CT molecular complexity index is 316. The molecule has 0 heterocycles. The summed E-state index contributed by atoms with van der Waals surface area (Å²) in [5.74, 6) is -1.00. The number of hydrogen-bond donors (Lipinski definition) is 0. The van der Waals surface area contributed by atoms with Gasteiger partial charge in [-0.2, -0.15) is 0 Å². The minimum atomic E-state index is -0.991. The van der Waals surface area contributed by atoms with Crippen molar-refractivity contribution < 1.29 is 14.4 Å². The van der Waals surface area contributed by atoms with Gasteiger partial charge in [-0.25, -0.2) is 0 Å². The van der Waals surface area contributed by atoms with Crippen LogP contribution in [0.5, 0.6) is 0 Å². The van der Waals surface area contributed by atoms with Gasteiger partial charge in [0.15, 0.2) is 0 Å². The number of carbonyl (C=O) groups is 3. The summed E-state index contributed by atoms with van der Waals surface area (Å²) in [5, 5.41) is 0. The van der Waals surface area contributed by atoms with E-state index in [2.05, 4.69) is 0 Å². The van der Waals surface area contributed by atoms with Gasteiger partial charge in [-0.3, -0.25) is 9.59 Å². The van der Waals surface area contributed by atoms with Gasteiger partial charge in [0.1, 0.15) is 6.29 Å². The van der Waals surface area contributed by atoms with E-state index in [1.54, 1.807) is 0 Å². The molecule has 0 saturated heterocycles. The van der Waals surface area contributed by atoms with Crippen molar-refractivity contribution in [3.05, 3.63) is 0 Å². The normalized spacial score (nSPS) is 41.2. The molecule has 0 spiro atoms. The average molecular weight is 180 g/mol. The number of hydrogen-bond acceptors (Lipinski definition) is 3. The van der Waals surface area contributed by atoms with E-state index in [9.17, 15) is 14.4 Å². The second-order valence-corrected chi connectivity index (χ2v) is 4.60. The van der Waals surface area contributed by atoms with Crippen LogP contribution in [-0.4, -0.2) is 17.9 Å². The lowest BCUT2D eigenvalue weighted by molar-refractivity contribution is -0.144. The summed E-state index contributed by atoms with van der Waals surface area (Å²) < 4.78 is 0. The molecule has 0 aromatic rings. The average Bonchev–Trinajstić information content (AvgIpc) is 2.41. The third kappa shape index (κ3) is 0.653. The van der Waals surface area contributed by atoms with Crippen LogP contribution >= 0.6 is 0 Å². The highest BCUT2D eigenvalue weighted by Crippen LogP contribution is 2.61. The van der Waals surface area contributed by atoms with Crippen molar-refractivity contribution in [1.82, 2.24) is 0 Å². The van der Waals surface area contributed by atoms with E-state index in [0.29, 0.717) is 19.1 Å². The molecule has 0 aliphatic heterocycles. The Labute approximate surface area is 76.5 Å². The Balaban J connectivity index is 2.62. The van der Waals surface area contributed by atoms with E-state index >= 15 is 0 Å². The molecule has 13 heavy (non-hydrogen) atoms. The van der Waals surface area contributed by atoms with Gasteiger partial charge in [0.25, 0.3) is 0 Å². The van der Waals surface area contributed by atoms with E-state index in [0.717, 1.165) is 0 Å². The minimum Gasteiger partial charge on any atom is -0.302 e. The van der Waals surface area contributed by atoms with Gasteiger partial charge in [-0.15, -0.1) is 0 Å². The van der Waals surface area contributed by atoms with Crippen molar-refractivity contribution in [3.63, 3.8) is 0 Å². The van der Waals surface area contributed by atoms with Crippen LogP contribution in [-0.2, 0) is 14.4 Å². The van der Waals surface area contributed by atoms with Gasteiger partial charge in [0, 0.05) is 5.92 Å².